The molecule has 0 spiro atoms. The largest absolute Gasteiger partial charge is 0.373 e. The molecule has 0 bridgehead atoms. The molecule has 0 radical (unpaired) electrons. The van der Waals surface area contributed by atoms with E-state index in [1.165, 1.54) is 22.2 Å². The average molecular weight is 335 g/mol. The Kier molecular flexibility index (Phi) is 2.95. The van der Waals surface area contributed by atoms with Crippen molar-refractivity contribution in [1.29, 1.82) is 0 Å². The molecule has 0 saturated carbocycles. The predicted octanol–water partition coefficient (Wildman–Crippen LogP) is 3.61. The molecule has 2 aliphatic heterocycles. The molecule has 4 rings (SSSR count). The zero-order valence-corrected chi connectivity index (χ0v) is 13.2. The van der Waals surface area contributed by atoms with Crippen molar-refractivity contribution in [2.24, 2.45) is 0 Å². The number of aliphatic hydroxyl groups is 1. The molecule has 0 unspecified atom stereocenters. The molecule has 2 aromatic rings. The van der Waals surface area contributed by atoms with E-state index in [1.807, 2.05) is 0 Å². The molecule has 3 heterocycles. The summed E-state index contributed by atoms with van der Waals surface area (Å²) in [4.78, 5) is 2.45. The third-order valence-corrected chi connectivity index (χ3v) is 5.41. The molecule has 2 aliphatic rings. The number of aromatic nitrogens is 1. The highest BCUT2D eigenvalue weighted by Gasteiger charge is 2.34. The highest BCUT2D eigenvalue weighted by atomic mass is 79.9. The molecule has 20 heavy (non-hydrogen) atoms. The first-order chi connectivity index (χ1) is 9.66. The van der Waals surface area contributed by atoms with Gasteiger partial charge in [-0.3, -0.25) is 4.90 Å². The molecule has 4 heteroatoms. The van der Waals surface area contributed by atoms with Crippen LogP contribution in [0, 0.1) is 0 Å². The van der Waals surface area contributed by atoms with Crippen LogP contribution in [-0.4, -0.2) is 28.2 Å². The minimum Gasteiger partial charge on any atom is -0.373 e. The lowest BCUT2D eigenvalue weighted by atomic mass is 9.95. The fourth-order valence-electron chi connectivity index (χ4n) is 3.95. The summed E-state index contributed by atoms with van der Waals surface area (Å²) < 4.78 is 3.28. The van der Waals surface area contributed by atoms with Gasteiger partial charge in [0.05, 0.1) is 11.6 Å². The molecule has 0 fully saturated rings. The number of fused-ring (bicyclic) bond motifs is 3. The van der Waals surface area contributed by atoms with Crippen molar-refractivity contribution in [3.8, 4) is 0 Å². The fraction of sp³-hybridized carbons (Fsp3) is 0.500. The van der Waals surface area contributed by atoms with Gasteiger partial charge in [-0.05, 0) is 50.4 Å². The Balaban J connectivity index is 2.08. The van der Waals surface area contributed by atoms with Crippen LogP contribution in [0.2, 0.25) is 0 Å². The van der Waals surface area contributed by atoms with Gasteiger partial charge in [0.2, 0.25) is 0 Å². The van der Waals surface area contributed by atoms with Crippen molar-refractivity contribution in [3.05, 3.63) is 33.9 Å². The average Bonchev–Trinajstić information content (AvgIpc) is 2.63. The maximum Gasteiger partial charge on any atom is 0.131 e. The summed E-state index contributed by atoms with van der Waals surface area (Å²) in [5.41, 5.74) is 3.99. The summed E-state index contributed by atoms with van der Waals surface area (Å²) in [6.45, 7) is 1.11. The Labute approximate surface area is 127 Å². The van der Waals surface area contributed by atoms with E-state index in [4.69, 9.17) is 0 Å². The number of halogens is 1. The van der Waals surface area contributed by atoms with Gasteiger partial charge in [0, 0.05) is 22.1 Å². The van der Waals surface area contributed by atoms with Gasteiger partial charge in [0.1, 0.15) is 6.23 Å². The van der Waals surface area contributed by atoms with Gasteiger partial charge in [0.15, 0.2) is 0 Å². The van der Waals surface area contributed by atoms with Gasteiger partial charge >= 0.3 is 0 Å². The lowest BCUT2D eigenvalue weighted by molar-refractivity contribution is 0.0980. The number of benzene rings is 1. The first kappa shape index (κ1) is 12.9. The quantitative estimate of drug-likeness (QED) is 0.797. The number of hydrogen-bond acceptors (Lipinski definition) is 2. The van der Waals surface area contributed by atoms with E-state index in [0.717, 1.165) is 36.7 Å². The van der Waals surface area contributed by atoms with Gasteiger partial charge < -0.3 is 9.67 Å². The minimum atomic E-state index is -0.382. The van der Waals surface area contributed by atoms with E-state index in [9.17, 15) is 5.11 Å². The van der Waals surface area contributed by atoms with Crippen molar-refractivity contribution in [1.82, 2.24) is 9.47 Å². The smallest absolute Gasteiger partial charge is 0.131 e. The monoisotopic (exact) mass is 334 g/mol. The van der Waals surface area contributed by atoms with Crippen molar-refractivity contribution in [2.75, 3.05) is 13.6 Å². The molecule has 0 aliphatic carbocycles. The molecule has 1 aromatic heterocycles. The minimum absolute atomic E-state index is 0.382. The van der Waals surface area contributed by atoms with E-state index in [1.54, 1.807) is 0 Å². The van der Waals surface area contributed by atoms with Crippen LogP contribution in [0.15, 0.2) is 22.7 Å². The molecule has 1 N–H and O–H groups in total. The summed E-state index contributed by atoms with van der Waals surface area (Å²) in [7, 11) is 2.21. The van der Waals surface area contributed by atoms with Crippen LogP contribution >= 0.6 is 15.9 Å². The normalized spacial score (nSPS) is 26.6. The summed E-state index contributed by atoms with van der Waals surface area (Å²) >= 11 is 3.57. The summed E-state index contributed by atoms with van der Waals surface area (Å²) in [5, 5.41) is 11.9. The zero-order chi connectivity index (χ0) is 13.9. The van der Waals surface area contributed by atoms with Gasteiger partial charge in [-0.15, -0.1) is 0 Å². The van der Waals surface area contributed by atoms with Crippen LogP contribution in [0.25, 0.3) is 10.9 Å². The summed E-state index contributed by atoms with van der Waals surface area (Å²) in [5.74, 6) is 0. The van der Waals surface area contributed by atoms with E-state index < -0.39 is 0 Å². The first-order valence-electron chi connectivity index (χ1n) is 7.37. The Morgan fingerprint density at radius 1 is 1.30 bits per heavy atom. The van der Waals surface area contributed by atoms with Crippen LogP contribution in [0.3, 0.4) is 0 Å². The van der Waals surface area contributed by atoms with E-state index in [2.05, 4.69) is 50.6 Å². The SMILES string of the molecule is CN1CCc2c3n(c4cc(Br)ccc24)[C@H](O)CCC[C@@H]31. The van der Waals surface area contributed by atoms with Crippen molar-refractivity contribution in [2.45, 2.75) is 38.0 Å². The molecule has 0 amide bonds. The predicted molar refractivity (Wildman–Crippen MR) is 83.8 cm³/mol. The zero-order valence-electron chi connectivity index (χ0n) is 11.6. The number of likely N-dealkylation sites (N-methyl/N-ethyl adjacent to an activating group) is 1. The second kappa shape index (κ2) is 4.58. The van der Waals surface area contributed by atoms with Crippen molar-refractivity contribution < 1.29 is 5.11 Å². The van der Waals surface area contributed by atoms with Crippen LogP contribution in [0.4, 0.5) is 0 Å². The standard InChI is InChI=1S/C16H19BrN2O/c1-18-8-7-12-11-6-5-10(17)9-14(11)19-15(20)4-2-3-13(18)16(12)19/h5-6,9,13,15,20H,2-4,7-8H2,1H3/t13-,15+/m0/s1. The molecular weight excluding hydrogens is 316 g/mol. The van der Waals surface area contributed by atoms with Crippen LogP contribution in [0.1, 0.15) is 42.8 Å². The number of hydrogen-bond donors (Lipinski definition) is 1. The maximum atomic E-state index is 10.6. The van der Waals surface area contributed by atoms with Gasteiger partial charge in [-0.25, -0.2) is 0 Å². The Bertz CT molecular complexity index is 679. The third-order valence-electron chi connectivity index (χ3n) is 4.91. The van der Waals surface area contributed by atoms with Gasteiger partial charge in [-0.2, -0.15) is 0 Å². The molecule has 2 atom stereocenters. The second-order valence-electron chi connectivity index (χ2n) is 6.05. The lowest BCUT2D eigenvalue weighted by Crippen LogP contribution is -2.32. The second-order valence-corrected chi connectivity index (χ2v) is 6.97. The first-order valence-corrected chi connectivity index (χ1v) is 8.16. The number of rotatable bonds is 0. The summed E-state index contributed by atoms with van der Waals surface area (Å²) in [6, 6.07) is 6.92. The van der Waals surface area contributed by atoms with Crippen LogP contribution in [0.5, 0.6) is 0 Å². The Morgan fingerprint density at radius 3 is 3.00 bits per heavy atom. The Hall–Kier alpha value is -0.840. The van der Waals surface area contributed by atoms with Gasteiger partial charge in [-0.1, -0.05) is 22.0 Å². The topological polar surface area (TPSA) is 28.4 Å². The molecule has 3 nitrogen and oxygen atoms in total. The maximum absolute atomic E-state index is 10.6. The van der Waals surface area contributed by atoms with Crippen molar-refractivity contribution in [3.63, 3.8) is 0 Å². The highest BCUT2D eigenvalue weighted by molar-refractivity contribution is 9.10. The summed E-state index contributed by atoms with van der Waals surface area (Å²) in [6.07, 6.45) is 3.80. The van der Waals surface area contributed by atoms with E-state index in [-0.39, 0.29) is 6.23 Å². The van der Waals surface area contributed by atoms with E-state index >= 15 is 0 Å². The Morgan fingerprint density at radius 2 is 2.15 bits per heavy atom. The molecule has 1 aromatic carbocycles. The number of aliphatic hydroxyl groups excluding tert-OH is 1. The molecular formula is C16H19BrN2O. The van der Waals surface area contributed by atoms with Gasteiger partial charge in [0.25, 0.3) is 0 Å². The fourth-order valence-corrected chi connectivity index (χ4v) is 4.30. The lowest BCUT2D eigenvalue weighted by Gasteiger charge is -2.33. The molecule has 106 valence electrons. The highest BCUT2D eigenvalue weighted by Crippen LogP contribution is 2.43. The van der Waals surface area contributed by atoms with Crippen LogP contribution in [-0.2, 0) is 6.42 Å². The third kappa shape index (κ3) is 1.71. The van der Waals surface area contributed by atoms with E-state index in [0.29, 0.717) is 6.04 Å². The van der Waals surface area contributed by atoms with Crippen LogP contribution < -0.4 is 0 Å². The number of nitrogens with zero attached hydrogens (tertiary/aromatic N) is 2. The molecule has 0 saturated heterocycles. The van der Waals surface area contributed by atoms with Crippen molar-refractivity contribution >= 4 is 26.8 Å².